The van der Waals surface area contributed by atoms with Gasteiger partial charge in [0.05, 0.1) is 10.2 Å². The number of fused-ring (bicyclic) bond motifs is 2. The molecule has 0 unspecified atom stereocenters. The summed E-state index contributed by atoms with van der Waals surface area (Å²) in [4.78, 5) is 8.94. The molecule has 2 aromatic carbocycles. The maximum atomic E-state index is 5.74. The zero-order valence-corrected chi connectivity index (χ0v) is 11.6. The molecule has 0 spiro atoms. The minimum absolute atomic E-state index is 0.480. The van der Waals surface area contributed by atoms with Crippen molar-refractivity contribution >= 4 is 43.8 Å². The van der Waals surface area contributed by atoms with Crippen molar-refractivity contribution in [1.82, 2.24) is 9.97 Å². The van der Waals surface area contributed by atoms with Gasteiger partial charge in [-0.15, -0.1) is 0 Å². The van der Waals surface area contributed by atoms with Crippen LogP contribution in [0.3, 0.4) is 0 Å². The van der Waals surface area contributed by atoms with Crippen LogP contribution >= 0.6 is 11.3 Å². The van der Waals surface area contributed by atoms with Gasteiger partial charge in [0.2, 0.25) is 0 Å². The van der Waals surface area contributed by atoms with Crippen molar-refractivity contribution in [2.75, 3.05) is 5.32 Å². The third-order valence-corrected chi connectivity index (χ3v) is 4.07. The molecule has 0 fully saturated rings. The highest BCUT2D eigenvalue weighted by atomic mass is 32.1. The number of nitrogens with zero attached hydrogens (tertiary/aromatic N) is 2. The number of benzene rings is 2. The number of aryl methyl sites for hydroxylation is 1. The summed E-state index contributed by atoms with van der Waals surface area (Å²) in [5.41, 5.74) is 3.73. The van der Waals surface area contributed by atoms with Gasteiger partial charge in [0.25, 0.3) is 0 Å². The molecule has 0 aliphatic rings. The standard InChI is InChI=1S/C15H11N3OS/c1-9-5-4-7-11-13(9)19-14(16-11)18-15-17-10-6-2-3-8-12(10)20-15/h2-8H,1H3,(H,16,17,18). The fourth-order valence-electron chi connectivity index (χ4n) is 2.16. The summed E-state index contributed by atoms with van der Waals surface area (Å²) in [6.45, 7) is 2.01. The van der Waals surface area contributed by atoms with Crippen LogP contribution in [0.1, 0.15) is 5.56 Å². The summed E-state index contributed by atoms with van der Waals surface area (Å²) in [5.74, 6) is 0. The molecule has 4 nitrogen and oxygen atoms in total. The molecule has 2 aromatic heterocycles. The van der Waals surface area contributed by atoms with Crippen molar-refractivity contribution in [3.05, 3.63) is 48.0 Å². The number of hydrogen-bond donors (Lipinski definition) is 1. The summed E-state index contributed by atoms with van der Waals surface area (Å²) >= 11 is 1.58. The predicted octanol–water partition coefficient (Wildman–Crippen LogP) is 4.49. The molecule has 0 saturated heterocycles. The molecule has 0 aliphatic heterocycles. The Bertz CT molecular complexity index is 877. The Morgan fingerprint density at radius 2 is 1.85 bits per heavy atom. The maximum Gasteiger partial charge on any atom is 0.302 e. The molecule has 20 heavy (non-hydrogen) atoms. The van der Waals surface area contributed by atoms with Gasteiger partial charge in [-0.3, -0.25) is 5.32 Å². The Balaban J connectivity index is 1.74. The number of hydrogen-bond acceptors (Lipinski definition) is 5. The summed E-state index contributed by atoms with van der Waals surface area (Å²) in [5, 5.41) is 3.93. The lowest BCUT2D eigenvalue weighted by atomic mass is 10.2. The highest BCUT2D eigenvalue weighted by molar-refractivity contribution is 7.22. The van der Waals surface area contributed by atoms with E-state index in [0.29, 0.717) is 6.01 Å². The number of aromatic nitrogens is 2. The zero-order chi connectivity index (χ0) is 13.5. The smallest absolute Gasteiger partial charge is 0.302 e. The van der Waals surface area contributed by atoms with Crippen LogP contribution in [-0.2, 0) is 0 Å². The summed E-state index contributed by atoms with van der Waals surface area (Å²) in [6, 6.07) is 14.4. The van der Waals surface area contributed by atoms with Gasteiger partial charge in [-0.2, -0.15) is 4.98 Å². The topological polar surface area (TPSA) is 51.0 Å². The fourth-order valence-corrected chi connectivity index (χ4v) is 3.01. The Hall–Kier alpha value is -2.40. The quantitative estimate of drug-likeness (QED) is 0.588. The van der Waals surface area contributed by atoms with Crippen molar-refractivity contribution < 1.29 is 4.42 Å². The first-order chi connectivity index (χ1) is 9.79. The van der Waals surface area contributed by atoms with Gasteiger partial charge in [-0.1, -0.05) is 35.6 Å². The van der Waals surface area contributed by atoms with Crippen molar-refractivity contribution in [3.8, 4) is 0 Å². The Morgan fingerprint density at radius 1 is 1.00 bits per heavy atom. The van der Waals surface area contributed by atoms with Gasteiger partial charge < -0.3 is 4.42 Å². The van der Waals surface area contributed by atoms with Crippen LogP contribution in [0.5, 0.6) is 0 Å². The van der Waals surface area contributed by atoms with Crippen LogP contribution in [0.4, 0.5) is 11.1 Å². The van der Waals surface area contributed by atoms with Crippen LogP contribution in [0, 0.1) is 6.92 Å². The lowest BCUT2D eigenvalue weighted by Crippen LogP contribution is -1.88. The third kappa shape index (κ3) is 1.83. The molecular formula is C15H11N3OS. The first-order valence-corrected chi connectivity index (χ1v) is 7.10. The maximum absolute atomic E-state index is 5.74. The third-order valence-electron chi connectivity index (χ3n) is 3.12. The minimum atomic E-state index is 0.480. The molecule has 0 saturated carbocycles. The molecule has 0 bridgehead atoms. The lowest BCUT2D eigenvalue weighted by Gasteiger charge is -1.93. The number of thiazole rings is 1. The molecule has 4 rings (SSSR count). The molecule has 0 amide bonds. The number of para-hydroxylation sites is 2. The number of nitrogens with one attached hydrogen (secondary N) is 1. The first-order valence-electron chi connectivity index (χ1n) is 6.28. The van der Waals surface area contributed by atoms with Crippen LogP contribution in [0.25, 0.3) is 21.3 Å². The second-order valence-electron chi connectivity index (χ2n) is 4.55. The molecule has 1 N–H and O–H groups in total. The van der Waals surface area contributed by atoms with Crippen LogP contribution < -0.4 is 5.32 Å². The van der Waals surface area contributed by atoms with Crippen molar-refractivity contribution in [3.63, 3.8) is 0 Å². The zero-order valence-electron chi connectivity index (χ0n) is 10.8. The monoisotopic (exact) mass is 281 g/mol. The average molecular weight is 281 g/mol. The summed E-state index contributed by atoms with van der Waals surface area (Å²) < 4.78 is 6.88. The molecule has 5 heteroatoms. The highest BCUT2D eigenvalue weighted by Crippen LogP contribution is 2.29. The number of oxazole rings is 1. The van der Waals surface area contributed by atoms with E-state index in [2.05, 4.69) is 15.3 Å². The van der Waals surface area contributed by atoms with Crippen molar-refractivity contribution in [2.24, 2.45) is 0 Å². The van der Waals surface area contributed by atoms with E-state index >= 15 is 0 Å². The van der Waals surface area contributed by atoms with E-state index in [4.69, 9.17) is 4.42 Å². The number of anilines is 2. The Labute approximate surface area is 119 Å². The van der Waals surface area contributed by atoms with Crippen LogP contribution in [0.15, 0.2) is 46.9 Å². The lowest BCUT2D eigenvalue weighted by molar-refractivity contribution is 0.620. The van der Waals surface area contributed by atoms with Gasteiger partial charge in [0, 0.05) is 0 Å². The molecule has 0 aliphatic carbocycles. The summed E-state index contributed by atoms with van der Waals surface area (Å²) in [7, 11) is 0. The van der Waals surface area contributed by atoms with E-state index in [1.165, 1.54) is 0 Å². The van der Waals surface area contributed by atoms with Gasteiger partial charge in [-0.25, -0.2) is 4.98 Å². The van der Waals surface area contributed by atoms with Crippen molar-refractivity contribution in [2.45, 2.75) is 6.92 Å². The molecule has 98 valence electrons. The van der Waals surface area contributed by atoms with E-state index in [0.717, 1.165) is 32.0 Å². The van der Waals surface area contributed by atoms with Gasteiger partial charge >= 0.3 is 6.01 Å². The van der Waals surface area contributed by atoms with E-state index in [1.54, 1.807) is 11.3 Å². The Morgan fingerprint density at radius 3 is 2.70 bits per heavy atom. The Kier molecular flexibility index (Phi) is 2.47. The highest BCUT2D eigenvalue weighted by Gasteiger charge is 2.10. The largest absolute Gasteiger partial charge is 0.423 e. The van der Waals surface area contributed by atoms with Gasteiger partial charge in [0.1, 0.15) is 5.52 Å². The van der Waals surface area contributed by atoms with Gasteiger partial charge in [0.15, 0.2) is 10.7 Å². The molecule has 4 aromatic rings. The molecular weight excluding hydrogens is 270 g/mol. The van der Waals surface area contributed by atoms with E-state index in [9.17, 15) is 0 Å². The minimum Gasteiger partial charge on any atom is -0.423 e. The normalized spacial score (nSPS) is 11.2. The summed E-state index contributed by atoms with van der Waals surface area (Å²) in [6.07, 6.45) is 0. The SMILES string of the molecule is Cc1cccc2nc(Nc3nc4ccccc4s3)oc12. The second kappa shape index (κ2) is 4.31. The van der Waals surface area contributed by atoms with Crippen molar-refractivity contribution in [1.29, 1.82) is 0 Å². The fraction of sp³-hybridized carbons (Fsp3) is 0.0667. The number of rotatable bonds is 2. The molecule has 0 radical (unpaired) electrons. The first kappa shape index (κ1) is 11.4. The van der Waals surface area contributed by atoms with E-state index < -0.39 is 0 Å². The molecule has 0 atom stereocenters. The van der Waals surface area contributed by atoms with Crippen LogP contribution in [-0.4, -0.2) is 9.97 Å². The average Bonchev–Trinajstić information content (AvgIpc) is 3.02. The van der Waals surface area contributed by atoms with Gasteiger partial charge in [-0.05, 0) is 30.7 Å². The predicted molar refractivity (Wildman–Crippen MR) is 81.6 cm³/mol. The van der Waals surface area contributed by atoms with Crippen LogP contribution in [0.2, 0.25) is 0 Å². The second-order valence-corrected chi connectivity index (χ2v) is 5.58. The van der Waals surface area contributed by atoms with E-state index in [-0.39, 0.29) is 0 Å². The van der Waals surface area contributed by atoms with E-state index in [1.807, 2.05) is 49.4 Å². The molecule has 2 heterocycles.